The van der Waals surface area contributed by atoms with Gasteiger partial charge in [0.15, 0.2) is 0 Å². The van der Waals surface area contributed by atoms with E-state index in [0.29, 0.717) is 0 Å². The first-order chi connectivity index (χ1) is 11.1. The summed E-state index contributed by atoms with van der Waals surface area (Å²) in [5.74, 6) is 0. The zero-order chi connectivity index (χ0) is 16.1. The summed E-state index contributed by atoms with van der Waals surface area (Å²) in [6.07, 6.45) is 1.91. The zero-order valence-corrected chi connectivity index (χ0v) is 17.3. The maximum Gasteiger partial charge on any atom is 0.263 e. The average molecular weight is 470 g/mol. The second-order valence-corrected chi connectivity index (χ2v) is 6.88. The van der Waals surface area contributed by atoms with E-state index in [1.165, 1.54) is 5.56 Å². The lowest BCUT2D eigenvalue weighted by Gasteiger charge is -2.07. The normalized spacial score (nSPS) is 11.3. The van der Waals surface area contributed by atoms with Crippen LogP contribution in [0, 0.1) is 0 Å². The standard InChI is InChI=1S/C18H16BrClN3.BrH/c1-3-11-9-17-14-7-8-18(19)22(14)16-10-12(20)5-6-15(16)23(17)21-13(11)4-2;/h5-10H,3-4H2,1-2H3;1H/q+1;/p-1. The van der Waals surface area contributed by atoms with Crippen LogP contribution >= 0.6 is 27.5 Å². The lowest BCUT2D eigenvalue weighted by molar-refractivity contribution is -0.553. The molecule has 0 radical (unpaired) electrons. The van der Waals surface area contributed by atoms with Crippen molar-refractivity contribution in [1.29, 1.82) is 0 Å². The van der Waals surface area contributed by atoms with E-state index in [0.717, 1.165) is 50.2 Å². The van der Waals surface area contributed by atoms with E-state index in [2.05, 4.69) is 52.4 Å². The van der Waals surface area contributed by atoms with Gasteiger partial charge in [-0.15, -0.1) is 0 Å². The molecule has 3 aromatic heterocycles. The fourth-order valence-corrected chi connectivity index (χ4v) is 3.91. The molecule has 0 spiro atoms. The highest BCUT2D eigenvalue weighted by atomic mass is 79.9. The number of hydrogen-bond acceptors (Lipinski definition) is 1. The first-order valence-electron chi connectivity index (χ1n) is 7.77. The van der Waals surface area contributed by atoms with Gasteiger partial charge in [-0.25, -0.2) is 0 Å². The van der Waals surface area contributed by atoms with E-state index in [1.807, 2.05) is 22.7 Å². The van der Waals surface area contributed by atoms with E-state index >= 15 is 0 Å². The topological polar surface area (TPSA) is 21.4 Å². The first-order valence-corrected chi connectivity index (χ1v) is 8.94. The van der Waals surface area contributed by atoms with Gasteiger partial charge in [0.2, 0.25) is 0 Å². The van der Waals surface area contributed by atoms with Gasteiger partial charge in [-0.1, -0.05) is 25.4 Å². The maximum atomic E-state index is 6.24. The van der Waals surface area contributed by atoms with Crippen LogP contribution < -0.4 is 21.5 Å². The molecule has 4 rings (SSSR count). The molecule has 0 fully saturated rings. The molecule has 0 saturated heterocycles. The largest absolute Gasteiger partial charge is 1.00 e. The fourth-order valence-electron chi connectivity index (χ4n) is 3.23. The predicted molar refractivity (Wildman–Crippen MR) is 97.3 cm³/mol. The molecular weight excluding hydrogens is 453 g/mol. The smallest absolute Gasteiger partial charge is 0.263 e. The van der Waals surface area contributed by atoms with Gasteiger partial charge in [-0.2, -0.15) is 0 Å². The van der Waals surface area contributed by atoms with Gasteiger partial charge in [0.25, 0.3) is 11.0 Å². The van der Waals surface area contributed by atoms with Crippen LogP contribution in [0.25, 0.3) is 22.1 Å². The summed E-state index contributed by atoms with van der Waals surface area (Å²) in [6, 6.07) is 12.4. The summed E-state index contributed by atoms with van der Waals surface area (Å²) in [5, 5.41) is 5.65. The molecule has 0 saturated carbocycles. The van der Waals surface area contributed by atoms with Crippen LogP contribution in [0.1, 0.15) is 25.1 Å². The van der Waals surface area contributed by atoms with E-state index in [9.17, 15) is 0 Å². The van der Waals surface area contributed by atoms with Crippen LogP contribution in [0.2, 0.25) is 5.02 Å². The second-order valence-electron chi connectivity index (χ2n) is 5.63. The number of rotatable bonds is 2. The van der Waals surface area contributed by atoms with Gasteiger partial charge in [0, 0.05) is 22.3 Å². The molecule has 0 aliphatic rings. The third kappa shape index (κ3) is 2.54. The predicted octanol–water partition coefficient (Wildman–Crippen LogP) is 1.77. The molecule has 4 aromatic rings. The SMILES string of the molecule is CCc1cc2c3ccc(Br)n3c3cc(Cl)ccc3[n+]2nc1CC.[Br-]. The number of hydrogen-bond donors (Lipinski definition) is 0. The molecule has 3 nitrogen and oxygen atoms in total. The number of nitrogens with zero attached hydrogens (tertiary/aromatic N) is 3. The van der Waals surface area contributed by atoms with Gasteiger partial charge in [-0.3, -0.25) is 4.40 Å². The third-order valence-electron chi connectivity index (χ3n) is 4.35. The number of fused-ring (bicyclic) bond motifs is 6. The van der Waals surface area contributed by atoms with Crippen molar-refractivity contribution in [3.63, 3.8) is 0 Å². The second kappa shape index (κ2) is 6.62. The molecule has 0 bridgehead atoms. The highest BCUT2D eigenvalue weighted by Crippen LogP contribution is 2.26. The molecular formula is C18H16Br2ClN3. The van der Waals surface area contributed by atoms with Crippen LogP contribution in [-0.2, 0) is 12.8 Å². The Labute approximate surface area is 164 Å². The van der Waals surface area contributed by atoms with E-state index in [1.54, 1.807) is 0 Å². The number of aromatic nitrogens is 3. The van der Waals surface area contributed by atoms with Crippen molar-refractivity contribution in [3.8, 4) is 0 Å². The molecule has 1 aromatic carbocycles. The first kappa shape index (κ1) is 17.6. The Kier molecular flexibility index (Phi) is 4.87. The number of halogens is 3. The van der Waals surface area contributed by atoms with Crippen molar-refractivity contribution >= 4 is 49.6 Å². The molecule has 24 heavy (non-hydrogen) atoms. The Balaban J connectivity index is 0.00000169. The van der Waals surface area contributed by atoms with E-state index in [-0.39, 0.29) is 17.0 Å². The highest BCUT2D eigenvalue weighted by molar-refractivity contribution is 9.10. The van der Waals surface area contributed by atoms with Crippen molar-refractivity contribution in [2.45, 2.75) is 26.7 Å². The zero-order valence-electron chi connectivity index (χ0n) is 13.4. The minimum atomic E-state index is 0. The van der Waals surface area contributed by atoms with E-state index in [4.69, 9.17) is 16.7 Å². The maximum absolute atomic E-state index is 6.24. The molecule has 0 N–H and O–H groups in total. The van der Waals surface area contributed by atoms with Gasteiger partial charge in [-0.05, 0) is 63.1 Å². The quantitative estimate of drug-likeness (QED) is 0.324. The molecule has 0 atom stereocenters. The van der Waals surface area contributed by atoms with Gasteiger partial charge in [0.05, 0.1) is 4.60 Å². The summed E-state index contributed by atoms with van der Waals surface area (Å²) in [4.78, 5) is 0. The monoisotopic (exact) mass is 467 g/mol. The van der Waals surface area contributed by atoms with Crippen LogP contribution in [0.3, 0.4) is 0 Å². The minimum absolute atomic E-state index is 0. The van der Waals surface area contributed by atoms with Crippen molar-refractivity contribution in [3.05, 3.63) is 57.3 Å². The molecule has 6 heteroatoms. The summed E-state index contributed by atoms with van der Waals surface area (Å²) in [6.45, 7) is 4.33. The molecule has 0 aliphatic heterocycles. The summed E-state index contributed by atoms with van der Waals surface area (Å²) in [7, 11) is 0. The minimum Gasteiger partial charge on any atom is -1.00 e. The van der Waals surface area contributed by atoms with Gasteiger partial charge < -0.3 is 17.0 Å². The lowest BCUT2D eigenvalue weighted by Crippen LogP contribution is -3.00. The van der Waals surface area contributed by atoms with E-state index < -0.39 is 0 Å². The molecule has 3 heterocycles. The average Bonchev–Trinajstić information content (AvgIpc) is 2.95. The van der Waals surface area contributed by atoms with Crippen LogP contribution in [0.15, 0.2) is 41.0 Å². The number of aryl methyl sites for hydroxylation is 2. The Morgan fingerprint density at radius 2 is 1.83 bits per heavy atom. The highest BCUT2D eigenvalue weighted by Gasteiger charge is 2.21. The molecule has 124 valence electrons. The van der Waals surface area contributed by atoms with Gasteiger partial charge >= 0.3 is 0 Å². The molecule has 0 aliphatic carbocycles. The lowest BCUT2D eigenvalue weighted by atomic mass is 10.1. The Morgan fingerprint density at radius 1 is 1.04 bits per heavy atom. The number of benzene rings is 1. The Bertz CT molecular complexity index is 1070. The molecule has 0 amide bonds. The van der Waals surface area contributed by atoms with Crippen molar-refractivity contribution in [2.24, 2.45) is 0 Å². The van der Waals surface area contributed by atoms with Crippen LogP contribution in [0.5, 0.6) is 0 Å². The van der Waals surface area contributed by atoms with Gasteiger partial charge in [0.1, 0.15) is 16.7 Å². The van der Waals surface area contributed by atoms with Crippen molar-refractivity contribution < 1.29 is 21.5 Å². The summed E-state index contributed by atoms with van der Waals surface area (Å²) < 4.78 is 5.24. The molecule has 0 unspecified atom stereocenters. The third-order valence-corrected chi connectivity index (χ3v) is 5.20. The Hall–Kier alpha value is -1.17. The van der Waals surface area contributed by atoms with Crippen LogP contribution in [0.4, 0.5) is 0 Å². The fraction of sp³-hybridized carbons (Fsp3) is 0.222. The van der Waals surface area contributed by atoms with Crippen LogP contribution in [-0.4, -0.2) is 9.50 Å². The summed E-state index contributed by atoms with van der Waals surface area (Å²) >= 11 is 9.89. The van der Waals surface area contributed by atoms with Crippen molar-refractivity contribution in [2.75, 3.05) is 0 Å². The Morgan fingerprint density at radius 3 is 2.54 bits per heavy atom. The van der Waals surface area contributed by atoms with Crippen molar-refractivity contribution in [1.82, 2.24) is 9.50 Å². The summed E-state index contributed by atoms with van der Waals surface area (Å²) in [5.41, 5.74) is 6.78.